The minimum atomic E-state index is -3.59. The van der Waals surface area contributed by atoms with Crippen LogP contribution in [0.1, 0.15) is 57.6 Å². The van der Waals surface area contributed by atoms with Crippen LogP contribution in [0.2, 0.25) is 0 Å². The minimum absolute atomic E-state index is 0.0421. The van der Waals surface area contributed by atoms with Crippen molar-refractivity contribution in [2.75, 3.05) is 45.0 Å². The van der Waals surface area contributed by atoms with E-state index in [0.29, 0.717) is 45.8 Å². The molecule has 1 saturated heterocycles. The quantitative estimate of drug-likeness (QED) is 0.173. The molecule has 5 rings (SSSR count). The third kappa shape index (κ3) is 7.00. The summed E-state index contributed by atoms with van der Waals surface area (Å²) in [6.45, 7) is 11.6. The number of sulfone groups is 1. The van der Waals surface area contributed by atoms with Crippen LogP contribution >= 0.6 is 0 Å². The molecule has 0 spiro atoms. The number of anilines is 4. The predicted molar refractivity (Wildman–Crippen MR) is 184 cm³/mol. The van der Waals surface area contributed by atoms with E-state index in [1.807, 2.05) is 13.8 Å². The summed E-state index contributed by atoms with van der Waals surface area (Å²) in [6, 6.07) is 14.7. The monoisotopic (exact) mass is 647 g/mol. The second kappa shape index (κ2) is 13.7. The Bertz CT molecular complexity index is 1820. The number of para-hydroxylation sites is 1. The van der Waals surface area contributed by atoms with Gasteiger partial charge in [-0.1, -0.05) is 12.1 Å². The van der Waals surface area contributed by atoms with Crippen molar-refractivity contribution in [3.05, 3.63) is 59.7 Å². The first kappa shape index (κ1) is 33.3. The number of hydrogen-bond acceptors (Lipinski definition) is 10. The van der Waals surface area contributed by atoms with Gasteiger partial charge in [-0.2, -0.15) is 4.98 Å². The number of ether oxygens (including phenoxy) is 3. The molecule has 1 aromatic heterocycles. The van der Waals surface area contributed by atoms with Crippen molar-refractivity contribution in [2.45, 2.75) is 69.6 Å². The van der Waals surface area contributed by atoms with E-state index in [4.69, 9.17) is 24.2 Å². The van der Waals surface area contributed by atoms with Crippen molar-refractivity contribution in [3.63, 3.8) is 0 Å². The van der Waals surface area contributed by atoms with Crippen LogP contribution in [0.4, 0.5) is 23.1 Å². The van der Waals surface area contributed by atoms with Crippen LogP contribution in [-0.4, -0.2) is 69.0 Å². The number of nitrogens with zero attached hydrogens (tertiary/aromatic N) is 3. The molecule has 10 nitrogen and oxygen atoms in total. The second-order valence-electron chi connectivity index (χ2n) is 12.4. The Kier molecular flexibility index (Phi) is 9.93. The zero-order valence-electron chi connectivity index (χ0n) is 28.0. The number of rotatable bonds is 11. The number of benzene rings is 3. The number of methoxy groups -OCH3 is 2. The van der Waals surface area contributed by atoms with Crippen LogP contribution < -0.4 is 24.8 Å². The van der Waals surface area contributed by atoms with E-state index in [1.54, 1.807) is 64.5 Å². The van der Waals surface area contributed by atoms with E-state index < -0.39 is 15.1 Å². The van der Waals surface area contributed by atoms with Crippen molar-refractivity contribution in [1.82, 2.24) is 14.9 Å². The van der Waals surface area contributed by atoms with Crippen LogP contribution in [-0.2, 0) is 9.84 Å². The molecule has 1 fully saturated rings. The van der Waals surface area contributed by atoms with Gasteiger partial charge in [0.2, 0.25) is 5.95 Å². The fraction of sp³-hybridized carbons (Fsp3) is 0.429. The maximum atomic E-state index is 13.3. The van der Waals surface area contributed by atoms with E-state index in [-0.39, 0.29) is 11.0 Å². The molecule has 0 atom stereocenters. The standard InChI is InChI=1S/C35H45N5O5S/c1-21(2)45-30-18-25(24-13-15-40(6)16-14-24)23(5)17-29(30)38-35-37-28-20-32(44-8)31(43-7)19-26(28)34(39-35)36-27-11-9-10-12-33(27)46(41,42)22(3)4/h9-12,17-22,24H,13-16H2,1-8H3,(H2,36,37,38,39). The summed E-state index contributed by atoms with van der Waals surface area (Å²) in [5.74, 6) is 2.93. The van der Waals surface area contributed by atoms with Crippen LogP contribution in [0.3, 0.4) is 0 Å². The minimum Gasteiger partial charge on any atom is -0.493 e. The van der Waals surface area contributed by atoms with Gasteiger partial charge in [-0.3, -0.25) is 0 Å². The zero-order valence-corrected chi connectivity index (χ0v) is 28.8. The molecule has 0 aliphatic carbocycles. The Morgan fingerprint density at radius 1 is 0.870 bits per heavy atom. The highest BCUT2D eigenvalue weighted by Crippen LogP contribution is 2.40. The second-order valence-corrected chi connectivity index (χ2v) is 14.9. The summed E-state index contributed by atoms with van der Waals surface area (Å²) in [4.78, 5) is 12.3. The van der Waals surface area contributed by atoms with Gasteiger partial charge in [-0.05, 0) is 115 Å². The van der Waals surface area contributed by atoms with Crippen molar-refractivity contribution in [2.24, 2.45) is 0 Å². The Balaban J connectivity index is 1.62. The van der Waals surface area contributed by atoms with E-state index in [1.165, 1.54) is 11.1 Å². The number of fused-ring (bicyclic) bond motifs is 1. The molecular weight excluding hydrogens is 602 g/mol. The molecule has 0 radical (unpaired) electrons. The lowest BCUT2D eigenvalue weighted by Crippen LogP contribution is -2.29. The molecule has 4 aromatic rings. The van der Waals surface area contributed by atoms with Gasteiger partial charge in [0.1, 0.15) is 11.6 Å². The maximum Gasteiger partial charge on any atom is 0.229 e. The van der Waals surface area contributed by atoms with Gasteiger partial charge in [-0.25, -0.2) is 13.4 Å². The highest BCUT2D eigenvalue weighted by molar-refractivity contribution is 7.92. The molecule has 0 bridgehead atoms. The molecule has 2 N–H and O–H groups in total. The highest BCUT2D eigenvalue weighted by Gasteiger charge is 2.25. The Morgan fingerprint density at radius 2 is 1.54 bits per heavy atom. The lowest BCUT2D eigenvalue weighted by atomic mass is 9.86. The van der Waals surface area contributed by atoms with Crippen molar-refractivity contribution in [1.29, 1.82) is 0 Å². The first-order valence-electron chi connectivity index (χ1n) is 15.7. The van der Waals surface area contributed by atoms with Gasteiger partial charge in [0.15, 0.2) is 21.3 Å². The number of hydrogen-bond donors (Lipinski definition) is 2. The van der Waals surface area contributed by atoms with Gasteiger partial charge in [-0.15, -0.1) is 0 Å². The lowest BCUT2D eigenvalue weighted by molar-refractivity contribution is 0.241. The molecule has 2 heterocycles. The van der Waals surface area contributed by atoms with Gasteiger partial charge in [0, 0.05) is 11.5 Å². The molecule has 3 aromatic carbocycles. The fourth-order valence-corrected chi connectivity index (χ4v) is 7.04. The predicted octanol–water partition coefficient (Wildman–Crippen LogP) is 7.22. The van der Waals surface area contributed by atoms with Crippen LogP contribution in [0.15, 0.2) is 53.4 Å². The van der Waals surface area contributed by atoms with Gasteiger partial charge in [0.05, 0.1) is 47.4 Å². The van der Waals surface area contributed by atoms with Crippen LogP contribution in [0.25, 0.3) is 10.9 Å². The first-order chi connectivity index (χ1) is 21.9. The van der Waals surface area contributed by atoms with E-state index in [9.17, 15) is 8.42 Å². The van der Waals surface area contributed by atoms with Crippen molar-refractivity contribution >= 4 is 43.9 Å². The molecule has 11 heteroatoms. The summed E-state index contributed by atoms with van der Waals surface area (Å²) in [5.41, 5.74) is 4.21. The molecule has 0 unspecified atom stereocenters. The molecule has 1 aliphatic heterocycles. The topological polar surface area (TPSA) is 115 Å². The number of aryl methyl sites for hydroxylation is 1. The SMILES string of the molecule is COc1cc2nc(Nc3cc(C)c(C4CCN(C)CC4)cc3OC(C)C)nc(Nc3ccccc3S(=O)(=O)C(C)C)c2cc1OC. The summed E-state index contributed by atoms with van der Waals surface area (Å²) >= 11 is 0. The summed E-state index contributed by atoms with van der Waals surface area (Å²) in [7, 11) is 1.71. The normalized spacial score (nSPS) is 14.6. The Labute approximate surface area is 272 Å². The molecule has 0 amide bonds. The lowest BCUT2D eigenvalue weighted by Gasteiger charge is -2.30. The number of piperidine rings is 1. The van der Waals surface area contributed by atoms with Crippen LogP contribution in [0.5, 0.6) is 17.2 Å². The largest absolute Gasteiger partial charge is 0.493 e. The average molecular weight is 648 g/mol. The third-order valence-electron chi connectivity index (χ3n) is 8.40. The van der Waals surface area contributed by atoms with Crippen molar-refractivity contribution in [3.8, 4) is 17.2 Å². The first-order valence-corrected chi connectivity index (χ1v) is 17.3. The van der Waals surface area contributed by atoms with Gasteiger partial charge >= 0.3 is 0 Å². The van der Waals surface area contributed by atoms with E-state index >= 15 is 0 Å². The van der Waals surface area contributed by atoms with Gasteiger partial charge in [0.25, 0.3) is 0 Å². The number of nitrogens with one attached hydrogen (secondary N) is 2. The van der Waals surface area contributed by atoms with Crippen molar-refractivity contribution < 1.29 is 22.6 Å². The smallest absolute Gasteiger partial charge is 0.229 e. The van der Waals surface area contributed by atoms with E-state index in [2.05, 4.69) is 41.6 Å². The number of aromatic nitrogens is 2. The summed E-state index contributed by atoms with van der Waals surface area (Å²) in [6.07, 6.45) is 2.17. The third-order valence-corrected chi connectivity index (χ3v) is 10.6. The molecule has 1 aliphatic rings. The maximum absolute atomic E-state index is 13.3. The summed E-state index contributed by atoms with van der Waals surface area (Å²) in [5, 5.41) is 6.76. The van der Waals surface area contributed by atoms with Gasteiger partial charge < -0.3 is 29.7 Å². The molecule has 0 saturated carbocycles. The average Bonchev–Trinajstić information content (AvgIpc) is 3.02. The fourth-order valence-electron chi connectivity index (χ4n) is 5.84. The number of likely N-dealkylation sites (tertiary alicyclic amines) is 1. The van der Waals surface area contributed by atoms with E-state index in [0.717, 1.165) is 37.4 Å². The summed E-state index contributed by atoms with van der Waals surface area (Å²) < 4.78 is 44.0. The Morgan fingerprint density at radius 3 is 2.20 bits per heavy atom. The highest BCUT2D eigenvalue weighted by atomic mass is 32.2. The Hall–Kier alpha value is -4.09. The molecule has 246 valence electrons. The molecular formula is C35H45N5O5S. The zero-order chi connectivity index (χ0) is 33.2. The molecule has 46 heavy (non-hydrogen) atoms. The van der Waals surface area contributed by atoms with Crippen LogP contribution in [0, 0.1) is 6.92 Å².